The van der Waals surface area contributed by atoms with Crippen molar-refractivity contribution in [3.05, 3.63) is 48.0 Å². The van der Waals surface area contributed by atoms with E-state index in [4.69, 9.17) is 0 Å². The fraction of sp³-hybridized carbons (Fsp3) is 0.353. The molecule has 2 rings (SSSR count). The summed E-state index contributed by atoms with van der Waals surface area (Å²) in [6.07, 6.45) is 1.28. The lowest BCUT2D eigenvalue weighted by atomic mass is 9.90. The minimum atomic E-state index is -0.955. The van der Waals surface area contributed by atoms with Gasteiger partial charge in [-0.1, -0.05) is 56.2 Å². The van der Waals surface area contributed by atoms with Crippen LogP contribution in [0, 0.1) is 5.92 Å². The largest absolute Gasteiger partial charge is 0.481 e. The van der Waals surface area contributed by atoms with E-state index in [1.54, 1.807) is 0 Å². The first kappa shape index (κ1) is 14.5. The van der Waals surface area contributed by atoms with E-state index in [0.29, 0.717) is 12.0 Å². The first-order chi connectivity index (χ1) is 9.63. The van der Waals surface area contributed by atoms with E-state index < -0.39 is 18.0 Å². The predicted molar refractivity (Wildman–Crippen MR) is 79.6 cm³/mol. The molecule has 2 unspecified atom stereocenters. The van der Waals surface area contributed by atoms with Crippen LogP contribution in [-0.4, -0.2) is 16.2 Å². The number of unbranched alkanes of at least 4 members (excludes halogenated alkanes) is 1. The Morgan fingerprint density at radius 3 is 2.50 bits per heavy atom. The van der Waals surface area contributed by atoms with Crippen molar-refractivity contribution in [1.29, 1.82) is 0 Å². The van der Waals surface area contributed by atoms with Crippen LogP contribution in [0.25, 0.3) is 10.8 Å². The molecule has 0 spiro atoms. The summed E-state index contributed by atoms with van der Waals surface area (Å²) in [4.78, 5) is 11.3. The Morgan fingerprint density at radius 1 is 1.15 bits per heavy atom. The third-order valence-corrected chi connectivity index (χ3v) is 3.68. The maximum absolute atomic E-state index is 11.3. The van der Waals surface area contributed by atoms with Gasteiger partial charge in [0.05, 0.1) is 12.0 Å². The topological polar surface area (TPSA) is 57.5 Å². The molecule has 0 heterocycles. The molecular weight excluding hydrogens is 252 g/mol. The molecular formula is C17H20O3. The Bertz CT molecular complexity index is 592. The molecule has 3 nitrogen and oxygen atoms in total. The SMILES string of the molecule is CCCCC(C(=O)O)C(O)c1ccc2ccccc2c1. The molecule has 0 bridgehead atoms. The van der Waals surface area contributed by atoms with Crippen LogP contribution in [0.1, 0.15) is 37.9 Å². The maximum atomic E-state index is 11.3. The maximum Gasteiger partial charge on any atom is 0.309 e. The van der Waals surface area contributed by atoms with Crippen molar-refractivity contribution < 1.29 is 15.0 Å². The molecule has 2 aromatic carbocycles. The number of aliphatic carboxylic acids is 1. The predicted octanol–water partition coefficient (Wildman–Crippen LogP) is 3.76. The third-order valence-electron chi connectivity index (χ3n) is 3.68. The molecule has 0 saturated carbocycles. The Hall–Kier alpha value is -1.87. The quantitative estimate of drug-likeness (QED) is 0.841. The van der Waals surface area contributed by atoms with Gasteiger partial charge in [-0.2, -0.15) is 0 Å². The highest BCUT2D eigenvalue weighted by molar-refractivity contribution is 5.83. The molecule has 0 saturated heterocycles. The van der Waals surface area contributed by atoms with Gasteiger partial charge in [0, 0.05) is 0 Å². The molecule has 0 radical (unpaired) electrons. The first-order valence-corrected chi connectivity index (χ1v) is 7.03. The van der Waals surface area contributed by atoms with Crippen molar-refractivity contribution in [2.24, 2.45) is 5.92 Å². The van der Waals surface area contributed by atoms with Crippen LogP contribution in [0.5, 0.6) is 0 Å². The standard InChI is InChI=1S/C17H20O3/c1-2-3-8-15(17(19)20)16(18)14-10-9-12-6-4-5-7-13(12)11-14/h4-7,9-11,15-16,18H,2-3,8H2,1H3,(H,19,20). The number of carboxylic acids is 1. The van der Waals surface area contributed by atoms with Crippen molar-refractivity contribution in [3.8, 4) is 0 Å². The van der Waals surface area contributed by atoms with Gasteiger partial charge in [-0.15, -0.1) is 0 Å². The van der Waals surface area contributed by atoms with Crippen LogP contribution in [0.3, 0.4) is 0 Å². The van der Waals surface area contributed by atoms with Crippen LogP contribution in [0.2, 0.25) is 0 Å². The van der Waals surface area contributed by atoms with Gasteiger partial charge in [0.15, 0.2) is 0 Å². The van der Waals surface area contributed by atoms with Crippen molar-refractivity contribution in [2.75, 3.05) is 0 Å². The van der Waals surface area contributed by atoms with E-state index in [1.807, 2.05) is 49.4 Å². The van der Waals surface area contributed by atoms with Gasteiger partial charge in [0.2, 0.25) is 0 Å². The van der Waals surface area contributed by atoms with E-state index >= 15 is 0 Å². The summed E-state index contributed by atoms with van der Waals surface area (Å²) in [5.74, 6) is -1.67. The number of hydrogen-bond acceptors (Lipinski definition) is 2. The van der Waals surface area contributed by atoms with Gasteiger partial charge in [-0.05, 0) is 28.8 Å². The first-order valence-electron chi connectivity index (χ1n) is 7.03. The summed E-state index contributed by atoms with van der Waals surface area (Å²) in [5.41, 5.74) is 0.673. The van der Waals surface area contributed by atoms with Gasteiger partial charge in [-0.25, -0.2) is 0 Å². The number of fused-ring (bicyclic) bond motifs is 1. The molecule has 106 valence electrons. The fourth-order valence-electron chi connectivity index (χ4n) is 2.46. The third kappa shape index (κ3) is 3.17. The molecule has 0 aromatic heterocycles. The molecule has 0 fully saturated rings. The lowest BCUT2D eigenvalue weighted by Gasteiger charge is -2.19. The van der Waals surface area contributed by atoms with E-state index in [1.165, 1.54) is 0 Å². The average molecular weight is 272 g/mol. The van der Waals surface area contributed by atoms with Crippen molar-refractivity contribution >= 4 is 16.7 Å². The van der Waals surface area contributed by atoms with E-state index in [2.05, 4.69) is 0 Å². The van der Waals surface area contributed by atoms with E-state index in [-0.39, 0.29) is 0 Å². The molecule has 0 aliphatic carbocycles. The Balaban J connectivity index is 2.28. The normalized spacial score (nSPS) is 14.1. The number of carboxylic acid groups (broad SMARTS) is 1. The highest BCUT2D eigenvalue weighted by Crippen LogP contribution is 2.29. The van der Waals surface area contributed by atoms with Gasteiger partial charge < -0.3 is 10.2 Å². The zero-order valence-electron chi connectivity index (χ0n) is 11.6. The Labute approximate surface area is 118 Å². The lowest BCUT2D eigenvalue weighted by molar-refractivity contribution is -0.146. The molecule has 3 heteroatoms. The zero-order chi connectivity index (χ0) is 14.5. The molecule has 20 heavy (non-hydrogen) atoms. The second kappa shape index (κ2) is 6.53. The van der Waals surface area contributed by atoms with Crippen molar-refractivity contribution in [3.63, 3.8) is 0 Å². The lowest BCUT2D eigenvalue weighted by Crippen LogP contribution is -2.22. The van der Waals surface area contributed by atoms with Crippen LogP contribution < -0.4 is 0 Å². The number of rotatable bonds is 6. The summed E-state index contributed by atoms with van der Waals surface area (Å²) in [6.45, 7) is 2.02. The number of aliphatic hydroxyl groups is 1. The van der Waals surface area contributed by atoms with Crippen molar-refractivity contribution in [1.82, 2.24) is 0 Å². The summed E-state index contributed by atoms with van der Waals surface area (Å²) >= 11 is 0. The highest BCUT2D eigenvalue weighted by Gasteiger charge is 2.27. The second-order valence-corrected chi connectivity index (χ2v) is 5.14. The minimum absolute atomic E-state index is 0.500. The summed E-state index contributed by atoms with van der Waals surface area (Å²) in [5, 5.41) is 21.7. The highest BCUT2D eigenvalue weighted by atomic mass is 16.4. The molecule has 0 aliphatic heterocycles. The fourth-order valence-corrected chi connectivity index (χ4v) is 2.46. The molecule has 2 N–H and O–H groups in total. The van der Waals surface area contributed by atoms with Gasteiger partial charge in [0.1, 0.15) is 0 Å². The zero-order valence-corrected chi connectivity index (χ0v) is 11.6. The molecule has 2 aromatic rings. The van der Waals surface area contributed by atoms with Gasteiger partial charge in [-0.3, -0.25) is 4.79 Å². The molecule has 2 atom stereocenters. The number of carbonyl (C=O) groups is 1. The van der Waals surface area contributed by atoms with Crippen LogP contribution >= 0.6 is 0 Å². The summed E-state index contributed by atoms with van der Waals surface area (Å²) < 4.78 is 0. The average Bonchev–Trinajstić information content (AvgIpc) is 2.46. The number of hydrogen-bond donors (Lipinski definition) is 2. The summed E-state index contributed by atoms with van der Waals surface area (Å²) in [7, 11) is 0. The number of benzene rings is 2. The number of aliphatic hydroxyl groups excluding tert-OH is 1. The van der Waals surface area contributed by atoms with Crippen LogP contribution in [0.4, 0.5) is 0 Å². The molecule has 0 amide bonds. The van der Waals surface area contributed by atoms with E-state index in [9.17, 15) is 15.0 Å². The van der Waals surface area contributed by atoms with Gasteiger partial charge in [0.25, 0.3) is 0 Å². The van der Waals surface area contributed by atoms with Crippen molar-refractivity contribution in [2.45, 2.75) is 32.3 Å². The molecule has 0 aliphatic rings. The van der Waals surface area contributed by atoms with Crippen LogP contribution in [-0.2, 0) is 4.79 Å². The second-order valence-electron chi connectivity index (χ2n) is 5.14. The van der Waals surface area contributed by atoms with E-state index in [0.717, 1.165) is 23.6 Å². The monoisotopic (exact) mass is 272 g/mol. The minimum Gasteiger partial charge on any atom is -0.481 e. The van der Waals surface area contributed by atoms with Crippen LogP contribution in [0.15, 0.2) is 42.5 Å². The summed E-state index contributed by atoms with van der Waals surface area (Å²) in [6, 6.07) is 13.5. The Kier molecular flexibility index (Phi) is 4.74. The van der Waals surface area contributed by atoms with Gasteiger partial charge >= 0.3 is 5.97 Å². The smallest absolute Gasteiger partial charge is 0.309 e. The Morgan fingerprint density at radius 2 is 1.85 bits per heavy atom.